The fraction of sp³-hybridized carbons (Fsp3) is 0.556. The van der Waals surface area contributed by atoms with Crippen LogP contribution in [0.5, 0.6) is 0 Å². The summed E-state index contributed by atoms with van der Waals surface area (Å²) < 4.78 is 0.418. The maximum Gasteiger partial charge on any atom is 0.267 e. The van der Waals surface area contributed by atoms with Gasteiger partial charge in [-0.1, -0.05) is 6.92 Å². The van der Waals surface area contributed by atoms with E-state index in [1.807, 2.05) is 13.8 Å². The number of nitrogens with zero attached hydrogens (tertiary/aromatic N) is 1. The van der Waals surface area contributed by atoms with Crippen LogP contribution in [0.4, 0.5) is 5.82 Å². The van der Waals surface area contributed by atoms with E-state index in [1.165, 1.54) is 6.33 Å². The fourth-order valence-electron chi connectivity index (χ4n) is 1.05. The minimum atomic E-state index is -0.194. The second-order valence-corrected chi connectivity index (χ2v) is 4.33. The van der Waals surface area contributed by atoms with Gasteiger partial charge in [0.15, 0.2) is 0 Å². The van der Waals surface area contributed by atoms with Crippen LogP contribution < -0.4 is 16.6 Å². The largest absolute Gasteiger partial charge is 0.366 e. The molecule has 84 valence electrons. The van der Waals surface area contributed by atoms with Gasteiger partial charge in [0.1, 0.15) is 10.3 Å². The molecule has 0 aliphatic heterocycles. The molecule has 0 bridgehead atoms. The Morgan fingerprint density at radius 3 is 2.93 bits per heavy atom. The van der Waals surface area contributed by atoms with E-state index in [0.29, 0.717) is 22.8 Å². The average molecular weight is 275 g/mol. The molecule has 0 aliphatic rings. The highest BCUT2D eigenvalue weighted by molar-refractivity contribution is 9.10. The lowest BCUT2D eigenvalue weighted by Crippen LogP contribution is -2.30. The van der Waals surface area contributed by atoms with Crippen molar-refractivity contribution in [3.8, 4) is 0 Å². The van der Waals surface area contributed by atoms with Crippen molar-refractivity contribution in [2.24, 2.45) is 11.7 Å². The molecule has 1 aromatic heterocycles. The van der Waals surface area contributed by atoms with Crippen molar-refractivity contribution in [2.45, 2.75) is 19.9 Å². The maximum atomic E-state index is 11.3. The third kappa shape index (κ3) is 3.04. The molecule has 15 heavy (non-hydrogen) atoms. The van der Waals surface area contributed by atoms with E-state index in [4.69, 9.17) is 5.73 Å². The van der Waals surface area contributed by atoms with Crippen molar-refractivity contribution in [1.29, 1.82) is 0 Å². The Morgan fingerprint density at radius 2 is 2.33 bits per heavy atom. The SMILES string of the molecule is CC(CN)C(C)Nc1nc[nH]c(=O)c1Br. The van der Waals surface area contributed by atoms with Crippen molar-refractivity contribution >= 4 is 21.7 Å². The first-order valence-electron chi connectivity index (χ1n) is 4.76. The Balaban J connectivity index is 2.81. The zero-order valence-corrected chi connectivity index (χ0v) is 10.3. The summed E-state index contributed by atoms with van der Waals surface area (Å²) in [6, 6.07) is 0.167. The van der Waals surface area contributed by atoms with E-state index in [2.05, 4.69) is 31.2 Å². The van der Waals surface area contributed by atoms with E-state index in [9.17, 15) is 4.79 Å². The van der Waals surface area contributed by atoms with Gasteiger partial charge in [0.2, 0.25) is 0 Å². The molecule has 1 aromatic rings. The highest BCUT2D eigenvalue weighted by atomic mass is 79.9. The van der Waals surface area contributed by atoms with Crippen molar-refractivity contribution in [3.05, 3.63) is 21.2 Å². The molecule has 0 aliphatic carbocycles. The van der Waals surface area contributed by atoms with Gasteiger partial charge in [-0.05, 0) is 35.3 Å². The Hall–Kier alpha value is -0.880. The van der Waals surface area contributed by atoms with Crippen molar-refractivity contribution in [1.82, 2.24) is 9.97 Å². The first kappa shape index (κ1) is 12.2. The molecule has 0 radical (unpaired) electrons. The average Bonchev–Trinajstić information content (AvgIpc) is 2.23. The molecule has 0 saturated heterocycles. The van der Waals surface area contributed by atoms with Crippen LogP contribution in [0.25, 0.3) is 0 Å². The van der Waals surface area contributed by atoms with Crippen LogP contribution >= 0.6 is 15.9 Å². The number of aromatic amines is 1. The van der Waals surface area contributed by atoms with Gasteiger partial charge in [-0.15, -0.1) is 0 Å². The number of nitrogens with one attached hydrogen (secondary N) is 2. The molecule has 0 aromatic carbocycles. The summed E-state index contributed by atoms with van der Waals surface area (Å²) in [4.78, 5) is 17.8. The predicted molar refractivity (Wildman–Crippen MR) is 63.9 cm³/mol. The lowest BCUT2D eigenvalue weighted by atomic mass is 10.0. The monoisotopic (exact) mass is 274 g/mol. The second kappa shape index (κ2) is 5.27. The Kier molecular flexibility index (Phi) is 4.28. The smallest absolute Gasteiger partial charge is 0.267 e. The number of hydrogen-bond acceptors (Lipinski definition) is 4. The summed E-state index contributed by atoms with van der Waals surface area (Å²) >= 11 is 3.18. The lowest BCUT2D eigenvalue weighted by molar-refractivity contribution is 0.519. The van der Waals surface area contributed by atoms with Crippen LogP contribution in [0, 0.1) is 5.92 Å². The van der Waals surface area contributed by atoms with Gasteiger partial charge >= 0.3 is 0 Å². The van der Waals surface area contributed by atoms with Crippen LogP contribution in [0.3, 0.4) is 0 Å². The minimum Gasteiger partial charge on any atom is -0.366 e. The standard InChI is InChI=1S/C9H15BrN4O/c1-5(3-11)6(2)14-8-7(10)9(15)13-4-12-8/h4-6H,3,11H2,1-2H3,(H2,12,13,14,15). The van der Waals surface area contributed by atoms with E-state index >= 15 is 0 Å². The molecule has 2 atom stereocenters. The van der Waals surface area contributed by atoms with Gasteiger partial charge in [0.05, 0.1) is 6.33 Å². The quantitative estimate of drug-likeness (QED) is 0.763. The molecule has 0 spiro atoms. The molecular weight excluding hydrogens is 260 g/mol. The summed E-state index contributed by atoms with van der Waals surface area (Å²) in [5, 5.41) is 3.14. The minimum absolute atomic E-state index is 0.167. The van der Waals surface area contributed by atoms with Gasteiger partial charge in [0, 0.05) is 6.04 Å². The zero-order chi connectivity index (χ0) is 11.4. The highest BCUT2D eigenvalue weighted by Gasteiger charge is 2.13. The summed E-state index contributed by atoms with van der Waals surface area (Å²) in [6.45, 7) is 4.64. The molecule has 6 heteroatoms. The Labute approximate surface area is 96.6 Å². The normalized spacial score (nSPS) is 14.7. The second-order valence-electron chi connectivity index (χ2n) is 3.54. The Morgan fingerprint density at radius 1 is 1.67 bits per heavy atom. The highest BCUT2D eigenvalue weighted by Crippen LogP contribution is 2.16. The first-order chi connectivity index (χ1) is 7.06. The van der Waals surface area contributed by atoms with Gasteiger partial charge in [-0.2, -0.15) is 0 Å². The molecule has 5 nitrogen and oxygen atoms in total. The third-order valence-corrected chi connectivity index (χ3v) is 3.12. The van der Waals surface area contributed by atoms with Gasteiger partial charge in [0.25, 0.3) is 5.56 Å². The topological polar surface area (TPSA) is 83.8 Å². The van der Waals surface area contributed by atoms with Crippen molar-refractivity contribution in [3.63, 3.8) is 0 Å². The van der Waals surface area contributed by atoms with Crippen LogP contribution in [-0.4, -0.2) is 22.6 Å². The lowest BCUT2D eigenvalue weighted by Gasteiger charge is -2.20. The van der Waals surface area contributed by atoms with Crippen LogP contribution in [-0.2, 0) is 0 Å². The van der Waals surface area contributed by atoms with Crippen LogP contribution in [0.2, 0.25) is 0 Å². The third-order valence-electron chi connectivity index (χ3n) is 2.39. The molecule has 0 saturated carbocycles. The van der Waals surface area contributed by atoms with E-state index in [0.717, 1.165) is 0 Å². The molecule has 1 heterocycles. The van der Waals surface area contributed by atoms with E-state index < -0.39 is 0 Å². The van der Waals surface area contributed by atoms with Crippen LogP contribution in [0.1, 0.15) is 13.8 Å². The molecule has 0 fully saturated rings. The van der Waals surface area contributed by atoms with Crippen molar-refractivity contribution < 1.29 is 0 Å². The molecule has 4 N–H and O–H groups in total. The first-order valence-corrected chi connectivity index (χ1v) is 5.55. The van der Waals surface area contributed by atoms with Gasteiger partial charge in [-0.25, -0.2) is 4.98 Å². The number of H-pyrrole nitrogens is 1. The number of hydrogen-bond donors (Lipinski definition) is 3. The Bertz CT molecular complexity index is 379. The summed E-state index contributed by atoms with van der Waals surface area (Å²) in [5.41, 5.74) is 5.36. The number of rotatable bonds is 4. The molecular formula is C9H15BrN4O. The van der Waals surface area contributed by atoms with Gasteiger partial charge < -0.3 is 16.0 Å². The summed E-state index contributed by atoms with van der Waals surface area (Å²) in [6.07, 6.45) is 1.37. The van der Waals surface area contributed by atoms with Gasteiger partial charge in [-0.3, -0.25) is 4.79 Å². The maximum absolute atomic E-state index is 11.3. The molecule has 2 unspecified atom stereocenters. The van der Waals surface area contributed by atoms with E-state index in [-0.39, 0.29) is 11.6 Å². The predicted octanol–water partition coefficient (Wildman–Crippen LogP) is 0.928. The summed E-state index contributed by atoms with van der Waals surface area (Å²) in [7, 11) is 0. The number of anilines is 1. The number of nitrogens with two attached hydrogens (primary N) is 1. The molecule has 1 rings (SSSR count). The zero-order valence-electron chi connectivity index (χ0n) is 8.75. The molecule has 0 amide bonds. The number of aromatic nitrogens is 2. The van der Waals surface area contributed by atoms with E-state index in [1.54, 1.807) is 0 Å². The fourth-order valence-corrected chi connectivity index (χ4v) is 1.38. The summed E-state index contributed by atoms with van der Waals surface area (Å²) in [5.74, 6) is 0.865. The number of halogens is 1. The van der Waals surface area contributed by atoms with Crippen molar-refractivity contribution in [2.75, 3.05) is 11.9 Å². The van der Waals surface area contributed by atoms with Crippen LogP contribution in [0.15, 0.2) is 15.6 Å².